The Kier molecular flexibility index (Phi) is 10.6. The van der Waals surface area contributed by atoms with Crippen LogP contribution in [-0.4, -0.2) is 80.2 Å². The molecule has 0 saturated carbocycles. The van der Waals surface area contributed by atoms with E-state index in [1.165, 1.54) is 6.07 Å². The Hall–Kier alpha value is -4.61. The number of aliphatic carboxylic acids is 1. The molecule has 0 bridgehead atoms. The number of amides is 1. The van der Waals surface area contributed by atoms with E-state index in [0.29, 0.717) is 29.2 Å². The van der Waals surface area contributed by atoms with Gasteiger partial charge in [0.15, 0.2) is 0 Å². The van der Waals surface area contributed by atoms with E-state index in [4.69, 9.17) is 9.47 Å². The first kappa shape index (κ1) is 34.7. The van der Waals surface area contributed by atoms with E-state index in [2.05, 4.69) is 5.32 Å². The van der Waals surface area contributed by atoms with E-state index >= 15 is 4.39 Å². The molecule has 0 radical (unpaired) electrons. The minimum atomic E-state index is -2.75. The van der Waals surface area contributed by atoms with Gasteiger partial charge in [0.25, 0.3) is 11.8 Å². The molecule has 1 amide bonds. The highest BCUT2D eigenvalue weighted by Crippen LogP contribution is 2.44. The van der Waals surface area contributed by atoms with E-state index in [1.807, 2.05) is 61.5 Å². The van der Waals surface area contributed by atoms with Crippen molar-refractivity contribution in [2.45, 2.75) is 44.3 Å². The summed E-state index contributed by atoms with van der Waals surface area (Å²) in [5, 5.41) is 14.3. The molecule has 1 atom stereocenters. The second-order valence-corrected chi connectivity index (χ2v) is 12.4. The Morgan fingerprint density at radius 2 is 1.58 bits per heavy atom. The van der Waals surface area contributed by atoms with Crippen molar-refractivity contribution >= 4 is 22.6 Å². The SMILES string of the molecule is COc1ccc(CN(C)C)c(OC)c1-c1cccc2c(C[C@H](NC(=O)c3c(F)cccc3CN3CCC(F)(F)CC3)C(=O)O)cccc12. The Balaban J connectivity index is 1.46. The van der Waals surface area contributed by atoms with Crippen molar-refractivity contribution in [1.29, 1.82) is 0 Å². The van der Waals surface area contributed by atoms with Crippen LogP contribution in [0.3, 0.4) is 0 Å². The number of methoxy groups -OCH3 is 2. The van der Waals surface area contributed by atoms with Gasteiger partial charge in [0.1, 0.15) is 23.4 Å². The number of carboxylic acids is 1. The maximum Gasteiger partial charge on any atom is 0.326 e. The van der Waals surface area contributed by atoms with Gasteiger partial charge in [-0.1, -0.05) is 54.6 Å². The summed E-state index contributed by atoms with van der Waals surface area (Å²) in [6, 6.07) is 17.9. The predicted molar refractivity (Wildman–Crippen MR) is 178 cm³/mol. The first-order valence-corrected chi connectivity index (χ1v) is 15.7. The molecule has 8 nitrogen and oxygen atoms in total. The number of nitrogens with zero attached hydrogens (tertiary/aromatic N) is 2. The number of rotatable bonds is 12. The Morgan fingerprint density at radius 1 is 0.917 bits per heavy atom. The number of halogens is 3. The zero-order valence-corrected chi connectivity index (χ0v) is 27.5. The highest BCUT2D eigenvalue weighted by atomic mass is 19.3. The average molecular weight is 664 g/mol. The second-order valence-electron chi connectivity index (χ2n) is 12.4. The molecule has 11 heteroatoms. The van der Waals surface area contributed by atoms with Crippen LogP contribution < -0.4 is 14.8 Å². The molecule has 2 N–H and O–H groups in total. The summed E-state index contributed by atoms with van der Waals surface area (Å²) < 4.78 is 54.2. The minimum absolute atomic E-state index is 0.0815. The van der Waals surface area contributed by atoms with Gasteiger partial charge in [-0.2, -0.15) is 0 Å². The summed E-state index contributed by atoms with van der Waals surface area (Å²) in [5.74, 6) is -4.45. The number of piperidine rings is 1. The highest BCUT2D eigenvalue weighted by molar-refractivity contribution is 6.02. The lowest BCUT2D eigenvalue weighted by molar-refractivity contribution is -0.139. The van der Waals surface area contributed by atoms with E-state index < -0.39 is 29.7 Å². The summed E-state index contributed by atoms with van der Waals surface area (Å²) >= 11 is 0. The van der Waals surface area contributed by atoms with E-state index in [9.17, 15) is 23.5 Å². The summed E-state index contributed by atoms with van der Waals surface area (Å²) in [6.45, 7) is 0.920. The lowest BCUT2D eigenvalue weighted by Gasteiger charge is -2.32. The van der Waals surface area contributed by atoms with Crippen molar-refractivity contribution in [3.8, 4) is 22.6 Å². The first-order valence-electron chi connectivity index (χ1n) is 15.7. The molecule has 1 saturated heterocycles. The molecule has 5 rings (SSSR count). The number of hydrogen-bond donors (Lipinski definition) is 2. The van der Waals surface area contributed by atoms with Crippen molar-refractivity contribution < 1.29 is 37.3 Å². The third-order valence-electron chi connectivity index (χ3n) is 8.73. The fraction of sp³-hybridized carbons (Fsp3) is 0.351. The molecule has 1 fully saturated rings. The van der Waals surface area contributed by atoms with Crippen LogP contribution in [0, 0.1) is 5.82 Å². The third-order valence-corrected chi connectivity index (χ3v) is 8.73. The molecule has 254 valence electrons. The van der Waals surface area contributed by atoms with Gasteiger partial charge in [0, 0.05) is 51.0 Å². The van der Waals surface area contributed by atoms with Crippen molar-refractivity contribution in [2.24, 2.45) is 0 Å². The van der Waals surface area contributed by atoms with Crippen LogP contribution in [0.1, 0.15) is 39.9 Å². The molecule has 4 aromatic rings. The van der Waals surface area contributed by atoms with Crippen molar-refractivity contribution in [3.63, 3.8) is 0 Å². The van der Waals surface area contributed by atoms with Crippen LogP contribution in [-0.2, 0) is 24.3 Å². The van der Waals surface area contributed by atoms with Crippen LogP contribution in [0.25, 0.3) is 21.9 Å². The summed E-state index contributed by atoms with van der Waals surface area (Å²) in [5.41, 5.74) is 3.22. The van der Waals surface area contributed by atoms with E-state index in [-0.39, 0.29) is 44.5 Å². The Morgan fingerprint density at radius 3 is 2.25 bits per heavy atom. The Bertz CT molecular complexity index is 1800. The molecule has 1 aliphatic rings. The number of carboxylic acid groups (broad SMARTS) is 1. The van der Waals surface area contributed by atoms with Gasteiger partial charge < -0.3 is 24.8 Å². The smallest absolute Gasteiger partial charge is 0.326 e. The molecular weight excluding hydrogens is 623 g/mol. The zero-order valence-electron chi connectivity index (χ0n) is 27.5. The Labute approximate surface area is 278 Å². The predicted octanol–water partition coefficient (Wildman–Crippen LogP) is 6.38. The third kappa shape index (κ3) is 7.58. The number of carbonyl (C=O) groups is 2. The van der Waals surface area contributed by atoms with Gasteiger partial charge in [-0.25, -0.2) is 18.0 Å². The monoisotopic (exact) mass is 663 g/mol. The standard InChI is InChI=1S/C37H40F3N3O5/c1-42(2)21-25-14-15-31(47-3)33(34(25)48-4)28-12-7-10-26-23(8-5-11-27(26)28)20-30(36(45)46)41-35(44)32-24(9-6-13-29(32)38)22-43-18-16-37(39,40)17-19-43/h5-15,30H,16-22H2,1-4H3,(H,41,44)(H,45,46)/t30-/m0/s1. The molecule has 1 heterocycles. The maximum absolute atomic E-state index is 15.1. The van der Waals surface area contributed by atoms with Gasteiger partial charge in [-0.15, -0.1) is 0 Å². The molecule has 0 aromatic heterocycles. The highest BCUT2D eigenvalue weighted by Gasteiger charge is 2.34. The van der Waals surface area contributed by atoms with Gasteiger partial charge >= 0.3 is 5.97 Å². The number of fused-ring (bicyclic) bond motifs is 1. The second kappa shape index (κ2) is 14.7. The average Bonchev–Trinajstić information content (AvgIpc) is 3.04. The maximum atomic E-state index is 15.1. The van der Waals surface area contributed by atoms with Crippen LogP contribution >= 0.6 is 0 Å². The van der Waals surface area contributed by atoms with Crippen molar-refractivity contribution in [1.82, 2.24) is 15.1 Å². The molecular formula is C37H40F3N3O5. The number of nitrogens with one attached hydrogen (secondary N) is 1. The van der Waals surface area contributed by atoms with Gasteiger partial charge in [-0.05, 0) is 53.7 Å². The van der Waals surface area contributed by atoms with Gasteiger partial charge in [0.05, 0.1) is 25.3 Å². The normalized spacial score (nSPS) is 15.3. The quantitative estimate of drug-likeness (QED) is 0.182. The van der Waals surface area contributed by atoms with Crippen LogP contribution in [0.2, 0.25) is 0 Å². The first-order chi connectivity index (χ1) is 22.9. The van der Waals surface area contributed by atoms with Crippen molar-refractivity contribution in [2.75, 3.05) is 41.4 Å². The minimum Gasteiger partial charge on any atom is -0.496 e. The van der Waals surface area contributed by atoms with Crippen LogP contribution in [0.4, 0.5) is 13.2 Å². The lowest BCUT2D eigenvalue weighted by atomic mass is 9.91. The molecule has 48 heavy (non-hydrogen) atoms. The number of alkyl halides is 2. The van der Waals surface area contributed by atoms with Crippen LogP contribution in [0.15, 0.2) is 66.7 Å². The van der Waals surface area contributed by atoms with Crippen LogP contribution in [0.5, 0.6) is 11.5 Å². The van der Waals surface area contributed by atoms with Gasteiger partial charge in [-0.3, -0.25) is 9.69 Å². The molecule has 4 aromatic carbocycles. The number of ether oxygens (including phenoxy) is 2. The summed E-state index contributed by atoms with van der Waals surface area (Å²) in [7, 11) is 7.14. The number of likely N-dealkylation sites (tertiary alicyclic amines) is 1. The lowest BCUT2D eigenvalue weighted by Crippen LogP contribution is -2.43. The molecule has 0 aliphatic carbocycles. The number of hydrogen-bond acceptors (Lipinski definition) is 6. The fourth-order valence-corrected chi connectivity index (χ4v) is 6.39. The topological polar surface area (TPSA) is 91.3 Å². The number of benzene rings is 4. The molecule has 0 unspecified atom stereocenters. The van der Waals surface area contributed by atoms with E-state index in [0.717, 1.165) is 33.5 Å². The largest absolute Gasteiger partial charge is 0.496 e. The summed E-state index contributed by atoms with van der Waals surface area (Å²) in [4.78, 5) is 29.8. The molecule has 1 aliphatic heterocycles. The fourth-order valence-electron chi connectivity index (χ4n) is 6.39. The zero-order chi connectivity index (χ0) is 34.6. The van der Waals surface area contributed by atoms with E-state index in [1.54, 1.807) is 31.3 Å². The number of carbonyl (C=O) groups excluding carboxylic acids is 1. The van der Waals surface area contributed by atoms with Crippen molar-refractivity contribution in [3.05, 3.63) is 94.8 Å². The van der Waals surface area contributed by atoms with Gasteiger partial charge in [0.2, 0.25) is 0 Å². The summed E-state index contributed by atoms with van der Waals surface area (Å²) in [6.07, 6.45) is -0.723. The molecule has 0 spiro atoms.